The zero-order chi connectivity index (χ0) is 22.6. The van der Waals surface area contributed by atoms with Crippen molar-refractivity contribution < 1.29 is 14.4 Å². The lowest BCUT2D eigenvalue weighted by Crippen LogP contribution is -2.44. The van der Waals surface area contributed by atoms with Crippen LogP contribution in [-0.4, -0.2) is 35.5 Å². The Balaban J connectivity index is 1.93. The molecule has 0 aliphatic carbocycles. The highest BCUT2D eigenvalue weighted by atomic mass is 35.5. The first-order valence-corrected chi connectivity index (χ1v) is 10.4. The van der Waals surface area contributed by atoms with Crippen LogP contribution in [0, 0.1) is 0 Å². The van der Waals surface area contributed by atoms with Crippen LogP contribution in [0.1, 0.15) is 49.2 Å². The van der Waals surface area contributed by atoms with Crippen LogP contribution in [0.4, 0.5) is 0 Å². The minimum atomic E-state index is -0.841. The molecule has 1 amide bonds. The molecule has 164 valence electrons. The fraction of sp³-hybridized carbons (Fsp3) is 0.348. The normalized spacial score (nSPS) is 16.8. The van der Waals surface area contributed by atoms with Crippen LogP contribution in [0.3, 0.4) is 0 Å². The van der Waals surface area contributed by atoms with Gasteiger partial charge < -0.3 is 14.9 Å². The molecule has 0 bridgehead atoms. The van der Waals surface area contributed by atoms with Crippen molar-refractivity contribution in [3.8, 4) is 11.3 Å². The predicted molar refractivity (Wildman–Crippen MR) is 122 cm³/mol. The van der Waals surface area contributed by atoms with E-state index in [1.54, 1.807) is 26.8 Å². The molecule has 1 atom stereocenters. The number of nitrogens with zero attached hydrogens (tertiary/aromatic N) is 2. The van der Waals surface area contributed by atoms with Crippen molar-refractivity contribution in [1.82, 2.24) is 10.3 Å². The predicted octanol–water partition coefficient (Wildman–Crippen LogP) is 4.24. The third-order valence-electron chi connectivity index (χ3n) is 5.24. The third kappa shape index (κ3) is 5.50. The highest BCUT2D eigenvalue weighted by molar-refractivity contribution is 6.30. The van der Waals surface area contributed by atoms with E-state index < -0.39 is 5.54 Å². The van der Waals surface area contributed by atoms with Crippen LogP contribution in [0.5, 0.6) is 0 Å². The average Bonchev–Trinajstić information content (AvgIpc) is 3.27. The monoisotopic (exact) mass is 442 g/mol. The van der Waals surface area contributed by atoms with Crippen molar-refractivity contribution in [1.29, 1.82) is 0 Å². The Morgan fingerprint density at radius 3 is 2.81 bits per heavy atom. The lowest BCUT2D eigenvalue weighted by atomic mass is 9.93. The molecule has 7 nitrogen and oxygen atoms in total. The Labute approximate surface area is 187 Å². The molecule has 2 aromatic rings. The lowest BCUT2D eigenvalue weighted by Gasteiger charge is -2.26. The van der Waals surface area contributed by atoms with Gasteiger partial charge in [-0.15, -0.1) is 0 Å². The molecule has 0 spiro atoms. The summed E-state index contributed by atoms with van der Waals surface area (Å²) >= 11 is 6.21. The number of carbonyl (C=O) groups excluding carboxylic acids is 1. The van der Waals surface area contributed by atoms with Gasteiger partial charge in [0.05, 0.1) is 23.5 Å². The van der Waals surface area contributed by atoms with E-state index in [0.717, 1.165) is 23.2 Å². The van der Waals surface area contributed by atoms with E-state index >= 15 is 0 Å². The quantitative estimate of drug-likeness (QED) is 0.396. The summed E-state index contributed by atoms with van der Waals surface area (Å²) in [5.74, 6) is 5.25. The first-order valence-electron chi connectivity index (χ1n) is 10.00. The van der Waals surface area contributed by atoms with Gasteiger partial charge in [0.2, 0.25) is 5.90 Å². The summed E-state index contributed by atoms with van der Waals surface area (Å²) in [6.07, 6.45) is 0.911. The number of nitrogens with two attached hydrogens (primary N) is 1. The molecular weight excluding hydrogens is 416 g/mol. The van der Waals surface area contributed by atoms with Crippen LogP contribution < -0.4 is 11.2 Å². The lowest BCUT2D eigenvalue weighted by molar-refractivity contribution is 0.0918. The smallest absolute Gasteiger partial charge is 0.270 e. The summed E-state index contributed by atoms with van der Waals surface area (Å²) in [4.78, 5) is 26.5. The summed E-state index contributed by atoms with van der Waals surface area (Å²) in [5, 5.41) is 3.53. The summed E-state index contributed by atoms with van der Waals surface area (Å²) < 4.78 is 5.56. The summed E-state index contributed by atoms with van der Waals surface area (Å²) in [6, 6.07) is 11.1. The van der Waals surface area contributed by atoms with Crippen molar-refractivity contribution in [2.75, 3.05) is 13.2 Å². The molecule has 3 N–H and O–H groups in total. The number of rotatable bonds is 6. The maximum absolute atomic E-state index is 13.0. The molecule has 8 heteroatoms. The maximum Gasteiger partial charge on any atom is 0.270 e. The fourth-order valence-corrected chi connectivity index (χ4v) is 3.54. The molecule has 1 saturated heterocycles. The van der Waals surface area contributed by atoms with Gasteiger partial charge in [0.25, 0.3) is 5.91 Å². The van der Waals surface area contributed by atoms with E-state index in [4.69, 9.17) is 27.2 Å². The Kier molecular flexibility index (Phi) is 7.10. The van der Waals surface area contributed by atoms with Crippen molar-refractivity contribution in [2.24, 2.45) is 10.9 Å². The molecule has 2 heterocycles. The molecule has 1 aliphatic rings. The van der Waals surface area contributed by atoms with Crippen LogP contribution in [0.15, 0.2) is 53.7 Å². The second-order valence-corrected chi connectivity index (χ2v) is 8.42. The zero-order valence-corrected chi connectivity index (χ0v) is 18.7. The van der Waals surface area contributed by atoms with Gasteiger partial charge in [-0.2, -0.15) is 5.90 Å². The van der Waals surface area contributed by atoms with Crippen molar-refractivity contribution in [3.63, 3.8) is 0 Å². The van der Waals surface area contributed by atoms with E-state index in [0.29, 0.717) is 23.9 Å². The van der Waals surface area contributed by atoms with Gasteiger partial charge >= 0.3 is 0 Å². The molecular formula is C23H27ClN4O3. The minimum absolute atomic E-state index is 0.225. The highest BCUT2D eigenvalue weighted by Crippen LogP contribution is 2.34. The molecule has 1 unspecified atom stereocenters. The van der Waals surface area contributed by atoms with Crippen LogP contribution in [-0.2, 0) is 9.57 Å². The number of ether oxygens (including phenoxy) is 1. The minimum Gasteiger partial charge on any atom is -0.396 e. The number of aromatic nitrogens is 1. The number of hydrogen-bond donors (Lipinski definition) is 2. The van der Waals surface area contributed by atoms with Crippen LogP contribution in [0.25, 0.3) is 11.3 Å². The molecule has 0 radical (unpaired) electrons. The third-order valence-corrected chi connectivity index (χ3v) is 5.47. The molecule has 1 aliphatic heterocycles. The summed E-state index contributed by atoms with van der Waals surface area (Å²) in [6.45, 7) is 10.5. The van der Waals surface area contributed by atoms with Crippen molar-refractivity contribution in [2.45, 2.75) is 38.6 Å². The van der Waals surface area contributed by atoms with Crippen LogP contribution >= 0.6 is 11.6 Å². The van der Waals surface area contributed by atoms with E-state index in [-0.39, 0.29) is 23.4 Å². The summed E-state index contributed by atoms with van der Waals surface area (Å²) in [5.41, 5.74) is 2.47. The fourth-order valence-electron chi connectivity index (χ4n) is 3.35. The topological polar surface area (TPSA) is 98.8 Å². The van der Waals surface area contributed by atoms with Crippen molar-refractivity contribution in [3.05, 3.63) is 65.0 Å². The standard InChI is InChI=1S/C23H27ClN4O3/c1-14(26-15(2)31-25)23(3,4)28-22(29)20-9-8-19(17-10-11-30-13-17)21(27-20)16-6-5-7-18(24)12-16/h5-9,12,17H,1,10-11,13,25H2,2-4H3,(H,28,29)/b26-15-. The Bertz CT molecular complexity index is 1010. The van der Waals surface area contributed by atoms with Gasteiger partial charge in [-0.3, -0.25) is 4.79 Å². The molecule has 1 aromatic heterocycles. The second kappa shape index (κ2) is 9.60. The number of pyridine rings is 1. The maximum atomic E-state index is 13.0. The van der Waals surface area contributed by atoms with E-state index in [1.807, 2.05) is 30.3 Å². The molecule has 1 fully saturated rings. The Morgan fingerprint density at radius 2 is 2.16 bits per heavy atom. The molecule has 0 saturated carbocycles. The zero-order valence-electron chi connectivity index (χ0n) is 17.9. The van der Waals surface area contributed by atoms with Gasteiger partial charge in [0, 0.05) is 30.0 Å². The number of halogens is 1. The second-order valence-electron chi connectivity index (χ2n) is 7.98. The number of carbonyl (C=O) groups is 1. The van der Waals surface area contributed by atoms with E-state index in [2.05, 4.69) is 21.7 Å². The molecule has 31 heavy (non-hydrogen) atoms. The average molecular weight is 443 g/mol. The first-order chi connectivity index (χ1) is 14.7. The molecule has 3 rings (SSSR count). The number of nitrogens with one attached hydrogen (secondary N) is 1. The van der Waals surface area contributed by atoms with Gasteiger partial charge in [-0.1, -0.05) is 36.4 Å². The highest BCUT2D eigenvalue weighted by Gasteiger charge is 2.27. The SMILES string of the molecule is C=C(/N=C(/C)ON)C(C)(C)NC(=O)c1ccc(C2CCOC2)c(-c2cccc(Cl)c2)n1. The van der Waals surface area contributed by atoms with Crippen LogP contribution in [0.2, 0.25) is 5.02 Å². The summed E-state index contributed by atoms with van der Waals surface area (Å²) in [7, 11) is 0. The number of aliphatic imine (C=N–C) groups is 1. The van der Waals surface area contributed by atoms with E-state index in [9.17, 15) is 4.79 Å². The van der Waals surface area contributed by atoms with E-state index in [1.165, 1.54) is 0 Å². The number of benzene rings is 1. The van der Waals surface area contributed by atoms with Gasteiger partial charge in [-0.05, 0) is 44.0 Å². The number of hydrogen-bond acceptors (Lipinski definition) is 6. The molecule has 1 aromatic carbocycles. The van der Waals surface area contributed by atoms with Gasteiger partial charge in [0.1, 0.15) is 5.69 Å². The van der Waals surface area contributed by atoms with Gasteiger partial charge in [0.15, 0.2) is 0 Å². The van der Waals surface area contributed by atoms with Gasteiger partial charge in [-0.25, -0.2) is 9.98 Å². The number of amides is 1. The largest absolute Gasteiger partial charge is 0.396 e. The first kappa shape index (κ1) is 22.9. The Morgan fingerprint density at radius 1 is 1.39 bits per heavy atom. The van der Waals surface area contributed by atoms with Crippen molar-refractivity contribution >= 4 is 23.4 Å². The Hall–Kier alpha value is -2.74.